The fourth-order valence-corrected chi connectivity index (χ4v) is 8.33. The van der Waals surface area contributed by atoms with Crippen molar-refractivity contribution in [3.8, 4) is 5.88 Å². The summed E-state index contributed by atoms with van der Waals surface area (Å²) in [7, 11) is -3.89. The molecule has 5 atom stereocenters. The third-order valence-electron chi connectivity index (χ3n) is 9.92. The third-order valence-corrected chi connectivity index (χ3v) is 11.9. The number of hydrogen-bond acceptors (Lipinski definition) is 9. The molecule has 0 radical (unpaired) electrons. The van der Waals surface area contributed by atoms with Gasteiger partial charge in [0, 0.05) is 17.7 Å². The number of amides is 4. The first-order valence-corrected chi connectivity index (χ1v) is 19.0. The largest absolute Gasteiger partial charge is 0.472 e. The Hall–Kier alpha value is -3.91. The van der Waals surface area contributed by atoms with Gasteiger partial charge in [0.2, 0.25) is 27.7 Å². The maximum Gasteiger partial charge on any atom is 0.407 e. The molecular weight excluding hydrogens is 686 g/mol. The SMILES string of the molecule is C=C[C@H]1C[C@]1(NC(=O)[C@@H]1C[C@@H]2CN1C(=O)[C@H](C(C)(C)C)NC(=O)OCCCCCc1ccc3cc(Cl)nc(c3c1)O2)C(=O)NS(=O)(=O)C1CC1. The lowest BCUT2D eigenvalue weighted by molar-refractivity contribution is -0.142. The van der Waals surface area contributed by atoms with Crippen molar-refractivity contribution in [1.29, 1.82) is 0 Å². The number of rotatable bonds is 6. The van der Waals surface area contributed by atoms with E-state index in [1.807, 2.05) is 18.2 Å². The number of aromatic nitrogens is 1. The summed E-state index contributed by atoms with van der Waals surface area (Å²) >= 11 is 6.40. The lowest BCUT2D eigenvalue weighted by atomic mass is 9.85. The van der Waals surface area contributed by atoms with Crippen LogP contribution < -0.4 is 20.1 Å². The zero-order chi connectivity index (χ0) is 36.0. The Morgan fingerprint density at radius 1 is 1.16 bits per heavy atom. The van der Waals surface area contributed by atoms with Gasteiger partial charge in [-0.15, -0.1) is 6.58 Å². The van der Waals surface area contributed by atoms with Crippen LogP contribution in [0.4, 0.5) is 4.79 Å². The Labute approximate surface area is 296 Å². The number of nitrogens with one attached hydrogen (secondary N) is 3. The van der Waals surface area contributed by atoms with E-state index in [4.69, 9.17) is 21.1 Å². The van der Waals surface area contributed by atoms with Crippen LogP contribution in [0.1, 0.15) is 71.3 Å². The highest BCUT2D eigenvalue weighted by atomic mass is 35.5. The van der Waals surface area contributed by atoms with Gasteiger partial charge in [-0.25, -0.2) is 18.2 Å². The lowest BCUT2D eigenvalue weighted by Gasteiger charge is -2.35. The minimum atomic E-state index is -3.89. The van der Waals surface area contributed by atoms with Crippen molar-refractivity contribution in [1.82, 2.24) is 25.2 Å². The van der Waals surface area contributed by atoms with Gasteiger partial charge in [0.15, 0.2) is 0 Å². The highest BCUT2D eigenvalue weighted by Crippen LogP contribution is 2.45. The Balaban J connectivity index is 1.34. The molecule has 4 bridgehead atoms. The third kappa shape index (κ3) is 7.56. The van der Waals surface area contributed by atoms with Gasteiger partial charge in [-0.3, -0.25) is 19.1 Å². The Bertz CT molecular complexity index is 1830. The van der Waals surface area contributed by atoms with E-state index in [1.165, 1.54) is 11.0 Å². The van der Waals surface area contributed by atoms with E-state index < -0.39 is 74.1 Å². The maximum atomic E-state index is 14.4. The minimum absolute atomic E-state index is 0.0189. The second-order valence-electron chi connectivity index (χ2n) is 14.9. The summed E-state index contributed by atoms with van der Waals surface area (Å²) in [6, 6.07) is 5.48. The molecule has 50 heavy (non-hydrogen) atoms. The van der Waals surface area contributed by atoms with Gasteiger partial charge >= 0.3 is 6.09 Å². The Morgan fingerprint density at radius 2 is 1.92 bits per heavy atom. The van der Waals surface area contributed by atoms with Crippen LogP contribution in [0.15, 0.2) is 36.9 Å². The summed E-state index contributed by atoms with van der Waals surface area (Å²) in [5.74, 6) is -2.31. The summed E-state index contributed by atoms with van der Waals surface area (Å²) in [5, 5.41) is 6.64. The van der Waals surface area contributed by atoms with Gasteiger partial charge in [-0.05, 0) is 73.4 Å². The van der Waals surface area contributed by atoms with E-state index in [2.05, 4.69) is 26.9 Å². The van der Waals surface area contributed by atoms with Crippen LogP contribution >= 0.6 is 11.6 Å². The van der Waals surface area contributed by atoms with Crippen molar-refractivity contribution >= 4 is 56.2 Å². The number of alkyl carbamates (subject to hydrolysis) is 1. The number of fused-ring (bicyclic) bond motifs is 3. The van der Waals surface area contributed by atoms with E-state index in [0.717, 1.165) is 35.6 Å². The molecule has 6 rings (SSSR count). The Kier molecular flexibility index (Phi) is 9.81. The first kappa shape index (κ1) is 35.9. The molecule has 0 spiro atoms. The quantitative estimate of drug-likeness (QED) is 0.296. The minimum Gasteiger partial charge on any atom is -0.472 e. The van der Waals surface area contributed by atoms with Crippen molar-refractivity contribution in [2.45, 2.75) is 101 Å². The Morgan fingerprint density at radius 3 is 2.60 bits per heavy atom. The van der Waals surface area contributed by atoms with E-state index in [-0.39, 0.29) is 37.0 Å². The molecule has 4 amide bonds. The topological polar surface area (TPSA) is 173 Å². The monoisotopic (exact) mass is 729 g/mol. The van der Waals surface area contributed by atoms with E-state index in [0.29, 0.717) is 19.3 Å². The average Bonchev–Trinajstić information content (AvgIpc) is 3.97. The van der Waals surface area contributed by atoms with Gasteiger partial charge in [0.25, 0.3) is 5.91 Å². The van der Waals surface area contributed by atoms with Crippen LogP contribution in [-0.4, -0.2) is 84.2 Å². The second-order valence-corrected chi connectivity index (χ2v) is 17.2. The number of cyclic esters (lactones) is 1. The van der Waals surface area contributed by atoms with Crippen molar-refractivity contribution in [3.05, 3.63) is 47.6 Å². The normalized spacial score (nSPS) is 27.7. The zero-order valence-electron chi connectivity index (χ0n) is 28.5. The molecule has 1 aromatic heterocycles. The molecule has 4 aliphatic rings. The number of carbonyl (C=O) groups is 4. The molecule has 2 aliphatic heterocycles. The maximum absolute atomic E-state index is 14.4. The number of halogens is 1. The second kappa shape index (κ2) is 13.7. The fraction of sp³-hybridized carbons (Fsp3) is 0.571. The fourth-order valence-electron chi connectivity index (χ4n) is 6.78. The number of carbonyl (C=O) groups excluding carboxylic acids is 4. The molecule has 2 aromatic rings. The number of benzene rings is 1. The summed E-state index contributed by atoms with van der Waals surface area (Å²) in [5.41, 5.74) is -1.28. The number of nitrogens with zero attached hydrogens (tertiary/aromatic N) is 2. The van der Waals surface area contributed by atoms with E-state index in [1.54, 1.807) is 26.8 Å². The van der Waals surface area contributed by atoms with Crippen LogP contribution in [0.3, 0.4) is 0 Å². The molecule has 15 heteroatoms. The van der Waals surface area contributed by atoms with Crippen LogP contribution in [0.2, 0.25) is 5.15 Å². The molecule has 270 valence electrons. The predicted octanol–water partition coefficient (Wildman–Crippen LogP) is 3.77. The number of sulfonamides is 1. The standard InChI is InChI=1S/C35H44ClN5O8S/c1-5-22-18-35(22,32(44)40-50(46,47)24-12-13-24)39-29(42)26-17-23-19-41(26)31(43)28(34(2,3)4)38-33(45)48-14-8-6-7-9-20-10-11-21-16-27(36)37-30(49-23)25(21)15-20/h5,10-11,15-16,22-24,26,28H,1,6-9,12-14,17-19H2,2-4H3,(H,38,45)(H,39,42)(H,40,44)/t22-,23+,26-,28+,35+/m0/s1. The lowest BCUT2D eigenvalue weighted by Crippen LogP contribution is -2.60. The molecule has 1 aromatic carbocycles. The van der Waals surface area contributed by atoms with Gasteiger partial charge in [-0.2, -0.15) is 0 Å². The molecule has 1 saturated heterocycles. The zero-order valence-corrected chi connectivity index (χ0v) is 30.1. The van der Waals surface area contributed by atoms with Crippen LogP contribution in [0.5, 0.6) is 5.88 Å². The molecule has 2 saturated carbocycles. The van der Waals surface area contributed by atoms with Crippen molar-refractivity contribution < 1.29 is 37.1 Å². The summed E-state index contributed by atoms with van der Waals surface area (Å²) in [4.78, 5) is 60.8. The molecule has 2 aliphatic carbocycles. The first-order valence-electron chi connectivity index (χ1n) is 17.1. The van der Waals surface area contributed by atoms with Gasteiger partial charge in [-0.1, -0.05) is 50.6 Å². The van der Waals surface area contributed by atoms with Crippen molar-refractivity contribution in [2.75, 3.05) is 13.2 Å². The van der Waals surface area contributed by atoms with Crippen LogP contribution in [0.25, 0.3) is 10.8 Å². The molecule has 3 N–H and O–H groups in total. The molecular formula is C35H44ClN5O8S. The summed E-state index contributed by atoms with van der Waals surface area (Å²) in [6.45, 7) is 9.27. The van der Waals surface area contributed by atoms with Gasteiger partial charge in [0.05, 0.1) is 18.4 Å². The molecule has 13 nitrogen and oxygen atoms in total. The van der Waals surface area contributed by atoms with Crippen molar-refractivity contribution in [3.63, 3.8) is 0 Å². The summed E-state index contributed by atoms with van der Waals surface area (Å²) in [6.07, 6.45) is 4.22. The highest BCUT2D eigenvalue weighted by Gasteiger charge is 2.62. The number of hydrogen-bond donors (Lipinski definition) is 3. The van der Waals surface area contributed by atoms with Crippen molar-refractivity contribution in [2.24, 2.45) is 11.3 Å². The smallest absolute Gasteiger partial charge is 0.407 e. The van der Waals surface area contributed by atoms with Gasteiger partial charge < -0.3 is 25.0 Å². The van der Waals surface area contributed by atoms with Crippen LogP contribution in [0, 0.1) is 11.3 Å². The van der Waals surface area contributed by atoms with E-state index >= 15 is 0 Å². The molecule has 3 fully saturated rings. The average molecular weight is 730 g/mol. The highest BCUT2D eigenvalue weighted by molar-refractivity contribution is 7.91. The number of aryl methyl sites for hydroxylation is 1. The van der Waals surface area contributed by atoms with E-state index in [9.17, 15) is 27.6 Å². The molecule has 0 unspecified atom stereocenters. The summed E-state index contributed by atoms with van der Waals surface area (Å²) < 4.78 is 39.4. The van der Waals surface area contributed by atoms with Crippen LogP contribution in [-0.2, 0) is 35.6 Å². The first-order chi connectivity index (χ1) is 23.6. The molecule has 3 heterocycles. The van der Waals surface area contributed by atoms with Gasteiger partial charge in [0.1, 0.15) is 28.9 Å². The number of ether oxygens (including phenoxy) is 2. The predicted molar refractivity (Wildman–Crippen MR) is 186 cm³/mol. The number of pyridine rings is 1.